The molecule has 0 fully saturated rings. The molecule has 0 saturated carbocycles. The number of hydrogen-bond donors (Lipinski definition) is 2. The van der Waals surface area contributed by atoms with Crippen LogP contribution in [0.3, 0.4) is 0 Å². The summed E-state index contributed by atoms with van der Waals surface area (Å²) in [6, 6.07) is 3.39. The normalized spacial score (nSPS) is 11.9. The lowest BCUT2D eigenvalue weighted by Gasteiger charge is -2.11. The van der Waals surface area contributed by atoms with Crippen LogP contribution in [0.4, 0.5) is 10.1 Å². The second-order valence-corrected chi connectivity index (χ2v) is 3.62. The zero-order chi connectivity index (χ0) is 12.1. The number of anilines is 1. The van der Waals surface area contributed by atoms with Crippen molar-refractivity contribution in [2.75, 3.05) is 5.32 Å². The summed E-state index contributed by atoms with van der Waals surface area (Å²) in [5.74, 6) is -1.08. The van der Waals surface area contributed by atoms with Gasteiger partial charge in [0.25, 0.3) is 0 Å². The number of halogens is 2. The lowest BCUT2D eigenvalue weighted by Crippen LogP contribution is -2.35. The van der Waals surface area contributed by atoms with E-state index in [1.807, 2.05) is 0 Å². The molecule has 1 atom stereocenters. The fourth-order valence-electron chi connectivity index (χ4n) is 1.12. The van der Waals surface area contributed by atoms with Crippen LogP contribution >= 0.6 is 11.6 Å². The Balaban J connectivity index is 2.80. The topological polar surface area (TPSA) is 55.1 Å². The minimum Gasteiger partial charge on any atom is -0.321 e. The van der Waals surface area contributed by atoms with Gasteiger partial charge in [-0.15, -0.1) is 6.58 Å². The van der Waals surface area contributed by atoms with E-state index in [0.29, 0.717) is 6.42 Å². The Hall–Kier alpha value is -1.39. The first-order valence-electron chi connectivity index (χ1n) is 4.67. The van der Waals surface area contributed by atoms with Crippen LogP contribution in [0.5, 0.6) is 0 Å². The molecule has 0 aliphatic carbocycles. The molecule has 0 heterocycles. The van der Waals surface area contributed by atoms with Crippen molar-refractivity contribution >= 4 is 23.2 Å². The zero-order valence-corrected chi connectivity index (χ0v) is 9.30. The third-order valence-electron chi connectivity index (χ3n) is 1.97. The maximum atomic E-state index is 13.3. The fraction of sp³-hybridized carbons (Fsp3) is 0.182. The molecule has 1 aromatic carbocycles. The first-order valence-corrected chi connectivity index (χ1v) is 5.05. The van der Waals surface area contributed by atoms with Crippen molar-refractivity contribution in [3.05, 3.63) is 41.7 Å². The van der Waals surface area contributed by atoms with Crippen LogP contribution in [0.1, 0.15) is 6.42 Å². The van der Waals surface area contributed by atoms with Crippen molar-refractivity contribution in [2.45, 2.75) is 12.5 Å². The molecule has 1 aromatic rings. The summed E-state index contributed by atoms with van der Waals surface area (Å²) in [4.78, 5) is 11.5. The van der Waals surface area contributed by atoms with Gasteiger partial charge >= 0.3 is 0 Å². The molecule has 1 rings (SSSR count). The van der Waals surface area contributed by atoms with Gasteiger partial charge in [0, 0.05) is 0 Å². The van der Waals surface area contributed by atoms with Gasteiger partial charge in [-0.2, -0.15) is 0 Å². The molecule has 1 unspecified atom stereocenters. The van der Waals surface area contributed by atoms with Gasteiger partial charge in [0.1, 0.15) is 5.82 Å². The second kappa shape index (κ2) is 5.63. The summed E-state index contributed by atoms with van der Waals surface area (Å²) in [6.07, 6.45) is 1.84. The van der Waals surface area contributed by atoms with Crippen LogP contribution in [0.25, 0.3) is 0 Å². The van der Waals surface area contributed by atoms with Gasteiger partial charge in [0.2, 0.25) is 5.91 Å². The molecule has 0 bridgehead atoms. The van der Waals surface area contributed by atoms with Crippen LogP contribution in [0.2, 0.25) is 5.02 Å². The molecule has 0 aliphatic rings. The number of amides is 1. The zero-order valence-electron chi connectivity index (χ0n) is 8.54. The van der Waals surface area contributed by atoms with Gasteiger partial charge in [0.05, 0.1) is 16.8 Å². The minimum atomic E-state index is -0.756. The van der Waals surface area contributed by atoms with Crippen LogP contribution in [-0.4, -0.2) is 11.9 Å². The van der Waals surface area contributed by atoms with Gasteiger partial charge in [0.15, 0.2) is 0 Å². The Morgan fingerprint density at radius 2 is 2.38 bits per heavy atom. The Morgan fingerprint density at radius 3 is 2.94 bits per heavy atom. The van der Waals surface area contributed by atoms with Gasteiger partial charge < -0.3 is 11.1 Å². The van der Waals surface area contributed by atoms with E-state index in [4.69, 9.17) is 17.3 Å². The Kier molecular flexibility index (Phi) is 4.46. The average Bonchev–Trinajstić information content (AvgIpc) is 2.23. The molecule has 16 heavy (non-hydrogen) atoms. The quantitative estimate of drug-likeness (QED) is 0.797. The average molecular weight is 243 g/mol. The molecule has 3 nitrogen and oxygen atoms in total. The molecular formula is C11H12ClFN2O. The molecule has 0 aromatic heterocycles. The predicted molar refractivity (Wildman–Crippen MR) is 62.8 cm³/mol. The van der Waals surface area contributed by atoms with E-state index in [1.165, 1.54) is 24.3 Å². The maximum Gasteiger partial charge on any atom is 0.241 e. The first-order chi connectivity index (χ1) is 7.56. The highest BCUT2D eigenvalue weighted by Gasteiger charge is 2.15. The van der Waals surface area contributed by atoms with Crippen LogP contribution in [0.15, 0.2) is 30.9 Å². The van der Waals surface area contributed by atoms with E-state index < -0.39 is 17.8 Å². The highest BCUT2D eigenvalue weighted by molar-refractivity contribution is 6.33. The SMILES string of the molecule is C=CCC(N)C(=O)Nc1c(F)cccc1Cl. The number of para-hydroxylation sites is 1. The van der Waals surface area contributed by atoms with Gasteiger partial charge in [-0.1, -0.05) is 23.7 Å². The van der Waals surface area contributed by atoms with E-state index in [9.17, 15) is 9.18 Å². The smallest absolute Gasteiger partial charge is 0.241 e. The second-order valence-electron chi connectivity index (χ2n) is 3.22. The van der Waals surface area contributed by atoms with Crippen LogP contribution in [0, 0.1) is 5.82 Å². The van der Waals surface area contributed by atoms with E-state index in [1.54, 1.807) is 0 Å². The highest BCUT2D eigenvalue weighted by Crippen LogP contribution is 2.24. The summed E-state index contributed by atoms with van der Waals surface area (Å²) in [5.41, 5.74) is 5.48. The summed E-state index contributed by atoms with van der Waals surface area (Å²) >= 11 is 5.74. The number of nitrogens with two attached hydrogens (primary N) is 1. The van der Waals surface area contributed by atoms with Crippen molar-refractivity contribution in [1.29, 1.82) is 0 Å². The van der Waals surface area contributed by atoms with E-state index in [-0.39, 0.29) is 10.7 Å². The molecule has 3 N–H and O–H groups in total. The lowest BCUT2D eigenvalue weighted by molar-refractivity contribution is -0.117. The number of nitrogens with one attached hydrogen (secondary N) is 1. The predicted octanol–water partition coefficient (Wildman–Crippen LogP) is 2.32. The lowest BCUT2D eigenvalue weighted by atomic mass is 10.2. The van der Waals surface area contributed by atoms with Crippen LogP contribution in [-0.2, 0) is 4.79 Å². The molecule has 1 amide bonds. The third-order valence-corrected chi connectivity index (χ3v) is 2.28. The number of carbonyl (C=O) groups is 1. The monoisotopic (exact) mass is 242 g/mol. The third kappa shape index (κ3) is 3.05. The summed E-state index contributed by atoms with van der Waals surface area (Å²) in [6.45, 7) is 3.47. The molecule has 5 heteroatoms. The van der Waals surface area contributed by atoms with Crippen molar-refractivity contribution in [2.24, 2.45) is 5.73 Å². The van der Waals surface area contributed by atoms with Gasteiger partial charge in [-0.05, 0) is 18.6 Å². The van der Waals surface area contributed by atoms with E-state index in [0.717, 1.165) is 0 Å². The van der Waals surface area contributed by atoms with Crippen molar-refractivity contribution in [3.8, 4) is 0 Å². The molecule has 0 aliphatic heterocycles. The van der Waals surface area contributed by atoms with Gasteiger partial charge in [-0.25, -0.2) is 4.39 Å². The fourth-order valence-corrected chi connectivity index (χ4v) is 1.33. The summed E-state index contributed by atoms with van der Waals surface area (Å²) in [5, 5.41) is 2.48. The largest absolute Gasteiger partial charge is 0.321 e. The standard InChI is InChI=1S/C11H12ClFN2O/c1-2-4-9(14)11(16)15-10-7(12)5-3-6-8(10)13/h2-3,5-6,9H,1,4,14H2,(H,15,16). The highest BCUT2D eigenvalue weighted by atomic mass is 35.5. The molecule has 0 saturated heterocycles. The number of carbonyl (C=O) groups excluding carboxylic acids is 1. The maximum absolute atomic E-state index is 13.3. The Bertz CT molecular complexity index is 389. The van der Waals surface area contributed by atoms with E-state index in [2.05, 4.69) is 11.9 Å². The molecule has 86 valence electrons. The van der Waals surface area contributed by atoms with Crippen molar-refractivity contribution in [1.82, 2.24) is 0 Å². The van der Waals surface area contributed by atoms with Crippen molar-refractivity contribution in [3.63, 3.8) is 0 Å². The van der Waals surface area contributed by atoms with E-state index >= 15 is 0 Å². The summed E-state index contributed by atoms with van der Waals surface area (Å²) < 4.78 is 13.3. The van der Waals surface area contributed by atoms with Crippen molar-refractivity contribution < 1.29 is 9.18 Å². The number of rotatable bonds is 4. The Labute approximate surface area is 98.1 Å². The number of benzene rings is 1. The Morgan fingerprint density at radius 1 is 1.69 bits per heavy atom. The number of hydrogen-bond acceptors (Lipinski definition) is 2. The molecule has 0 radical (unpaired) electrons. The minimum absolute atomic E-state index is 0.0475. The van der Waals surface area contributed by atoms with Gasteiger partial charge in [-0.3, -0.25) is 4.79 Å². The molecular weight excluding hydrogens is 231 g/mol. The first kappa shape index (κ1) is 12.7. The van der Waals surface area contributed by atoms with Crippen LogP contribution < -0.4 is 11.1 Å². The summed E-state index contributed by atoms with van der Waals surface area (Å²) in [7, 11) is 0. The molecule has 0 spiro atoms.